The molecule has 1 amide bonds. The fraction of sp³-hybridized carbons (Fsp3) is 0.350. The number of nitrogens with zero attached hydrogens (tertiary/aromatic N) is 1. The molecule has 0 unspecified atom stereocenters. The number of sulfonamides is 1. The second-order valence-corrected chi connectivity index (χ2v) is 8.33. The monoisotopic (exact) mass is 390 g/mol. The molecule has 146 valence electrons. The molecule has 2 aromatic carbocycles. The summed E-state index contributed by atoms with van der Waals surface area (Å²) in [7, 11) is -3.66. The van der Waals surface area contributed by atoms with E-state index >= 15 is 0 Å². The molecular weight excluding hydrogens is 364 g/mol. The number of anilines is 2. The van der Waals surface area contributed by atoms with Crippen molar-refractivity contribution in [2.75, 3.05) is 22.5 Å². The van der Waals surface area contributed by atoms with Crippen LogP contribution in [0.2, 0.25) is 0 Å². The summed E-state index contributed by atoms with van der Waals surface area (Å²) in [6.07, 6.45) is 1.11. The lowest BCUT2D eigenvalue weighted by Gasteiger charge is -2.29. The van der Waals surface area contributed by atoms with Gasteiger partial charge in [0.2, 0.25) is 15.9 Å². The highest BCUT2D eigenvalue weighted by Gasteiger charge is 2.30. The van der Waals surface area contributed by atoms with Gasteiger partial charge in [0.15, 0.2) is 0 Å². The van der Waals surface area contributed by atoms with E-state index in [1.165, 1.54) is 0 Å². The second kappa shape index (κ2) is 8.43. The van der Waals surface area contributed by atoms with Gasteiger partial charge in [-0.1, -0.05) is 18.2 Å². The van der Waals surface area contributed by atoms with E-state index in [0.717, 1.165) is 21.7 Å². The number of nitrogens with one attached hydrogen (secondary N) is 1. The van der Waals surface area contributed by atoms with Crippen molar-refractivity contribution in [1.29, 1.82) is 0 Å². The smallest absolute Gasteiger partial charge is 0.247 e. The second-order valence-electron chi connectivity index (χ2n) is 6.47. The Morgan fingerprint density at radius 2 is 1.89 bits per heavy atom. The van der Waals surface area contributed by atoms with Crippen molar-refractivity contribution in [3.8, 4) is 5.75 Å². The Labute approximate surface area is 161 Å². The molecule has 2 aromatic rings. The fourth-order valence-corrected chi connectivity index (χ4v) is 4.04. The van der Waals surface area contributed by atoms with Gasteiger partial charge in [0.25, 0.3) is 0 Å². The van der Waals surface area contributed by atoms with Crippen molar-refractivity contribution in [3.05, 3.63) is 53.6 Å². The van der Waals surface area contributed by atoms with Crippen LogP contribution in [-0.2, 0) is 14.8 Å². The van der Waals surface area contributed by atoms with Crippen LogP contribution in [0.1, 0.15) is 25.0 Å². The third-order valence-electron chi connectivity index (χ3n) is 4.10. The van der Waals surface area contributed by atoms with Gasteiger partial charge in [0, 0.05) is 11.8 Å². The Morgan fingerprint density at radius 1 is 1.19 bits per heavy atom. The lowest BCUT2D eigenvalue weighted by molar-refractivity contribution is -0.116. The first kappa shape index (κ1) is 20.8. The van der Waals surface area contributed by atoms with E-state index in [9.17, 15) is 13.2 Å². The van der Waals surface area contributed by atoms with Crippen molar-refractivity contribution in [2.45, 2.75) is 33.7 Å². The van der Waals surface area contributed by atoms with E-state index < -0.39 is 22.0 Å². The Hall–Kier alpha value is -2.54. The van der Waals surface area contributed by atoms with Crippen LogP contribution in [0.4, 0.5) is 11.4 Å². The summed E-state index contributed by atoms with van der Waals surface area (Å²) < 4.78 is 31.5. The number of aryl methyl sites for hydroxylation is 2. The Balaban J connectivity index is 2.33. The van der Waals surface area contributed by atoms with E-state index in [1.54, 1.807) is 37.3 Å². The quantitative estimate of drug-likeness (QED) is 0.785. The van der Waals surface area contributed by atoms with Crippen molar-refractivity contribution in [2.24, 2.45) is 0 Å². The van der Waals surface area contributed by atoms with Crippen LogP contribution in [0, 0.1) is 13.8 Å². The first-order chi connectivity index (χ1) is 12.6. The summed E-state index contributed by atoms with van der Waals surface area (Å²) in [6, 6.07) is 11.6. The summed E-state index contributed by atoms with van der Waals surface area (Å²) in [5.74, 6) is 0.215. The summed E-state index contributed by atoms with van der Waals surface area (Å²) >= 11 is 0. The molecule has 1 atom stereocenters. The predicted octanol–water partition coefficient (Wildman–Crippen LogP) is 3.50. The first-order valence-electron chi connectivity index (χ1n) is 8.74. The predicted molar refractivity (Wildman–Crippen MR) is 109 cm³/mol. The van der Waals surface area contributed by atoms with Crippen molar-refractivity contribution in [1.82, 2.24) is 0 Å². The molecule has 0 saturated heterocycles. The Morgan fingerprint density at radius 3 is 2.52 bits per heavy atom. The van der Waals surface area contributed by atoms with Crippen molar-refractivity contribution >= 4 is 27.3 Å². The molecule has 0 aliphatic carbocycles. The van der Waals surface area contributed by atoms with E-state index in [4.69, 9.17) is 4.74 Å². The molecule has 0 aliphatic rings. The largest absolute Gasteiger partial charge is 0.494 e. The Bertz CT molecular complexity index is 925. The summed E-state index contributed by atoms with van der Waals surface area (Å²) in [5.41, 5.74) is 2.75. The lowest BCUT2D eigenvalue weighted by Crippen LogP contribution is -2.45. The Kier molecular flexibility index (Phi) is 6.49. The highest BCUT2D eigenvalue weighted by Crippen LogP contribution is 2.27. The highest BCUT2D eigenvalue weighted by atomic mass is 32.2. The van der Waals surface area contributed by atoms with E-state index in [1.807, 2.05) is 32.9 Å². The zero-order valence-electron chi connectivity index (χ0n) is 16.3. The molecule has 0 bridgehead atoms. The zero-order valence-corrected chi connectivity index (χ0v) is 17.1. The fourth-order valence-electron chi connectivity index (χ4n) is 2.81. The van der Waals surface area contributed by atoms with Crippen molar-refractivity contribution in [3.63, 3.8) is 0 Å². The van der Waals surface area contributed by atoms with Gasteiger partial charge < -0.3 is 10.1 Å². The maximum absolute atomic E-state index is 12.8. The van der Waals surface area contributed by atoms with Gasteiger partial charge in [-0.25, -0.2) is 8.42 Å². The standard InChI is InChI=1S/C20H26N2O4S/c1-6-26-18-9-7-8-17(13-18)21-20(23)16(4)22(27(5,24)25)19-12-14(2)10-11-15(19)3/h7-13,16H,6H2,1-5H3,(H,21,23)/t16-/m1/s1. The number of carbonyl (C=O) groups is 1. The van der Waals surface area contributed by atoms with Crippen LogP contribution in [-0.4, -0.2) is 33.2 Å². The summed E-state index contributed by atoms with van der Waals surface area (Å²) in [6.45, 7) is 7.67. The maximum Gasteiger partial charge on any atom is 0.247 e. The highest BCUT2D eigenvalue weighted by molar-refractivity contribution is 7.92. The molecular formula is C20H26N2O4S. The van der Waals surface area contributed by atoms with Crippen LogP contribution in [0.5, 0.6) is 5.75 Å². The average molecular weight is 391 g/mol. The molecule has 0 fully saturated rings. The maximum atomic E-state index is 12.8. The molecule has 7 heteroatoms. The number of benzene rings is 2. The van der Waals surface area contributed by atoms with Crippen molar-refractivity contribution < 1.29 is 17.9 Å². The van der Waals surface area contributed by atoms with Gasteiger partial charge in [-0.05, 0) is 57.0 Å². The molecule has 0 aromatic heterocycles. The van der Waals surface area contributed by atoms with Gasteiger partial charge in [-0.3, -0.25) is 9.10 Å². The minimum Gasteiger partial charge on any atom is -0.494 e. The number of hydrogen-bond donors (Lipinski definition) is 1. The van der Waals surface area contributed by atoms with Gasteiger partial charge in [0.05, 0.1) is 18.6 Å². The molecule has 0 heterocycles. The molecule has 0 saturated carbocycles. The number of hydrogen-bond acceptors (Lipinski definition) is 4. The van der Waals surface area contributed by atoms with Gasteiger partial charge in [-0.2, -0.15) is 0 Å². The van der Waals surface area contributed by atoms with Crippen LogP contribution in [0.25, 0.3) is 0 Å². The molecule has 0 spiro atoms. The number of ether oxygens (including phenoxy) is 1. The third-order valence-corrected chi connectivity index (χ3v) is 5.33. The topological polar surface area (TPSA) is 75.7 Å². The zero-order chi connectivity index (χ0) is 20.2. The summed E-state index contributed by atoms with van der Waals surface area (Å²) in [5, 5.41) is 2.77. The molecule has 6 nitrogen and oxygen atoms in total. The molecule has 2 rings (SSSR count). The minimum absolute atomic E-state index is 0.421. The molecule has 27 heavy (non-hydrogen) atoms. The summed E-state index contributed by atoms with van der Waals surface area (Å²) in [4.78, 5) is 12.8. The number of carbonyl (C=O) groups excluding carboxylic acids is 1. The van der Waals surface area contributed by atoms with Gasteiger partial charge in [-0.15, -0.1) is 0 Å². The number of amides is 1. The molecule has 1 N–H and O–H groups in total. The third kappa shape index (κ3) is 5.23. The molecule has 0 aliphatic heterocycles. The number of rotatable bonds is 7. The first-order valence-corrected chi connectivity index (χ1v) is 10.6. The van der Waals surface area contributed by atoms with Gasteiger partial charge >= 0.3 is 0 Å². The lowest BCUT2D eigenvalue weighted by atomic mass is 10.1. The SMILES string of the molecule is CCOc1cccc(NC(=O)[C@@H](C)N(c2cc(C)ccc2C)S(C)(=O)=O)c1. The van der Waals surface area contributed by atoms with E-state index in [2.05, 4.69) is 5.32 Å². The van der Waals surface area contributed by atoms with E-state index in [-0.39, 0.29) is 0 Å². The van der Waals surface area contributed by atoms with Crippen LogP contribution in [0.3, 0.4) is 0 Å². The average Bonchev–Trinajstić information content (AvgIpc) is 2.57. The minimum atomic E-state index is -3.66. The van der Waals surface area contributed by atoms with E-state index in [0.29, 0.717) is 23.7 Å². The van der Waals surface area contributed by atoms with Crippen LogP contribution < -0.4 is 14.4 Å². The van der Waals surface area contributed by atoms with Crippen LogP contribution in [0.15, 0.2) is 42.5 Å². The molecule has 0 radical (unpaired) electrons. The van der Waals surface area contributed by atoms with Gasteiger partial charge in [0.1, 0.15) is 11.8 Å². The van der Waals surface area contributed by atoms with Crippen LogP contribution >= 0.6 is 0 Å². The normalized spacial score (nSPS) is 12.3.